The fourth-order valence-electron chi connectivity index (χ4n) is 3.18. The van der Waals surface area contributed by atoms with Gasteiger partial charge in [-0.15, -0.1) is 0 Å². The predicted molar refractivity (Wildman–Crippen MR) is 79.1 cm³/mol. The van der Waals surface area contributed by atoms with E-state index in [-0.39, 0.29) is 11.9 Å². The maximum absolute atomic E-state index is 13.1. The number of hydrogen-bond acceptors (Lipinski definition) is 1. The monoisotopic (exact) mass is 272 g/mol. The summed E-state index contributed by atoms with van der Waals surface area (Å²) < 4.78 is 15.4. The van der Waals surface area contributed by atoms with Crippen molar-refractivity contribution in [3.05, 3.63) is 58.7 Å². The highest BCUT2D eigenvalue weighted by Gasteiger charge is 2.19. The summed E-state index contributed by atoms with van der Waals surface area (Å²) in [6.07, 6.45) is 6.47. The third-order valence-electron chi connectivity index (χ3n) is 4.37. The highest BCUT2D eigenvalue weighted by molar-refractivity contribution is 5.29. The summed E-state index contributed by atoms with van der Waals surface area (Å²) in [4.78, 5) is 0. The van der Waals surface area contributed by atoms with E-state index < -0.39 is 0 Å². The van der Waals surface area contributed by atoms with Gasteiger partial charge in [0.1, 0.15) is 5.82 Å². The molecule has 0 amide bonds. The molecule has 106 valence electrons. The van der Waals surface area contributed by atoms with Crippen molar-refractivity contribution >= 4 is 0 Å². The Kier molecular flexibility index (Phi) is 3.62. The Morgan fingerprint density at radius 3 is 3.00 bits per heavy atom. The number of benzene rings is 1. The van der Waals surface area contributed by atoms with Gasteiger partial charge in [0.2, 0.25) is 0 Å². The summed E-state index contributed by atoms with van der Waals surface area (Å²) in [5.41, 5.74) is 11.1. The van der Waals surface area contributed by atoms with E-state index in [4.69, 9.17) is 5.73 Å². The topological polar surface area (TPSA) is 30.9 Å². The second-order valence-corrected chi connectivity index (χ2v) is 5.73. The zero-order chi connectivity index (χ0) is 14.1. The van der Waals surface area contributed by atoms with Crippen molar-refractivity contribution in [1.82, 2.24) is 4.57 Å². The van der Waals surface area contributed by atoms with Gasteiger partial charge in [0.15, 0.2) is 0 Å². The number of rotatable bonds is 3. The van der Waals surface area contributed by atoms with E-state index in [1.807, 2.05) is 13.0 Å². The standard InChI is InChI=1S/C17H21FN2/c1-12-11-14(18)6-5-13(12)7-9-20-10-8-15-16(19)3-2-4-17(15)20/h5-6,8,10-11,16H,2-4,7,9,19H2,1H3. The van der Waals surface area contributed by atoms with Crippen molar-refractivity contribution in [3.8, 4) is 0 Å². The van der Waals surface area contributed by atoms with Crippen LogP contribution in [0.25, 0.3) is 0 Å². The van der Waals surface area contributed by atoms with Crippen molar-refractivity contribution in [2.75, 3.05) is 0 Å². The van der Waals surface area contributed by atoms with Crippen molar-refractivity contribution in [3.63, 3.8) is 0 Å². The molecule has 1 heterocycles. The van der Waals surface area contributed by atoms with Crippen molar-refractivity contribution < 1.29 is 4.39 Å². The van der Waals surface area contributed by atoms with Crippen LogP contribution in [-0.2, 0) is 19.4 Å². The quantitative estimate of drug-likeness (QED) is 0.910. The smallest absolute Gasteiger partial charge is 0.123 e. The first-order valence-electron chi connectivity index (χ1n) is 7.33. The minimum absolute atomic E-state index is 0.157. The van der Waals surface area contributed by atoms with Crippen molar-refractivity contribution in [2.45, 2.75) is 45.2 Å². The molecule has 3 rings (SSSR count). The molecule has 2 aromatic rings. The average molecular weight is 272 g/mol. The van der Waals surface area contributed by atoms with Crippen molar-refractivity contribution in [2.24, 2.45) is 5.73 Å². The second-order valence-electron chi connectivity index (χ2n) is 5.73. The average Bonchev–Trinajstić information content (AvgIpc) is 2.83. The Labute approximate surface area is 119 Å². The first kappa shape index (κ1) is 13.4. The third-order valence-corrected chi connectivity index (χ3v) is 4.37. The van der Waals surface area contributed by atoms with Crippen LogP contribution in [-0.4, -0.2) is 4.57 Å². The highest BCUT2D eigenvalue weighted by atomic mass is 19.1. The predicted octanol–water partition coefficient (Wildman–Crippen LogP) is 3.51. The normalized spacial score (nSPS) is 18.1. The molecule has 0 radical (unpaired) electrons. The molecule has 1 aromatic carbocycles. The molecular weight excluding hydrogens is 251 g/mol. The lowest BCUT2D eigenvalue weighted by Crippen LogP contribution is -2.18. The SMILES string of the molecule is Cc1cc(F)ccc1CCn1ccc2c1CCCC2N. The van der Waals surface area contributed by atoms with E-state index in [1.54, 1.807) is 12.1 Å². The Bertz CT molecular complexity index is 615. The zero-order valence-electron chi connectivity index (χ0n) is 11.9. The number of fused-ring (bicyclic) bond motifs is 1. The molecule has 1 aromatic heterocycles. The summed E-state index contributed by atoms with van der Waals surface area (Å²) in [6, 6.07) is 7.41. The fraction of sp³-hybridized carbons (Fsp3) is 0.412. The van der Waals surface area contributed by atoms with Crippen LogP contribution in [0.1, 0.15) is 41.3 Å². The van der Waals surface area contributed by atoms with Crippen molar-refractivity contribution in [1.29, 1.82) is 0 Å². The van der Waals surface area contributed by atoms with Crippen LogP contribution < -0.4 is 5.73 Å². The molecule has 2 N–H and O–H groups in total. The van der Waals surface area contributed by atoms with Gasteiger partial charge >= 0.3 is 0 Å². The van der Waals surface area contributed by atoms with E-state index in [2.05, 4.69) is 16.8 Å². The van der Waals surface area contributed by atoms with E-state index in [1.165, 1.54) is 23.2 Å². The van der Waals surface area contributed by atoms with Crippen LogP contribution in [0, 0.1) is 12.7 Å². The van der Waals surface area contributed by atoms with Gasteiger partial charge in [0.25, 0.3) is 0 Å². The molecule has 0 aliphatic heterocycles. The van der Waals surface area contributed by atoms with Crippen LogP contribution in [0.5, 0.6) is 0 Å². The molecule has 0 fully saturated rings. The highest BCUT2D eigenvalue weighted by Crippen LogP contribution is 2.29. The molecule has 1 atom stereocenters. The summed E-state index contributed by atoms with van der Waals surface area (Å²) in [7, 11) is 0. The largest absolute Gasteiger partial charge is 0.351 e. The second kappa shape index (κ2) is 5.41. The first-order chi connectivity index (χ1) is 9.65. The molecule has 20 heavy (non-hydrogen) atoms. The van der Waals surface area contributed by atoms with E-state index in [0.717, 1.165) is 31.4 Å². The van der Waals surface area contributed by atoms with Crippen LogP contribution in [0.2, 0.25) is 0 Å². The summed E-state index contributed by atoms with van der Waals surface area (Å²) in [5, 5.41) is 0. The van der Waals surface area contributed by atoms with Crippen LogP contribution in [0.15, 0.2) is 30.5 Å². The number of halogens is 1. The van der Waals surface area contributed by atoms with Crippen LogP contribution in [0.4, 0.5) is 4.39 Å². The molecule has 1 unspecified atom stereocenters. The number of hydrogen-bond donors (Lipinski definition) is 1. The van der Waals surface area contributed by atoms with Gasteiger partial charge in [0.05, 0.1) is 0 Å². The molecule has 0 saturated carbocycles. The number of aryl methyl sites for hydroxylation is 3. The maximum Gasteiger partial charge on any atom is 0.123 e. The van der Waals surface area contributed by atoms with Gasteiger partial charge < -0.3 is 10.3 Å². The van der Waals surface area contributed by atoms with Gasteiger partial charge in [0, 0.05) is 24.5 Å². The minimum atomic E-state index is -0.157. The summed E-state index contributed by atoms with van der Waals surface area (Å²) in [6.45, 7) is 2.91. The molecule has 0 saturated heterocycles. The van der Waals surface area contributed by atoms with Gasteiger partial charge in [-0.05, 0) is 67.5 Å². The lowest BCUT2D eigenvalue weighted by atomic mass is 9.93. The number of nitrogens with zero attached hydrogens (tertiary/aromatic N) is 1. The molecular formula is C17H21FN2. The minimum Gasteiger partial charge on any atom is -0.351 e. The lowest BCUT2D eigenvalue weighted by molar-refractivity contribution is 0.538. The molecule has 3 heteroatoms. The molecule has 1 aliphatic carbocycles. The number of nitrogens with two attached hydrogens (primary N) is 1. The molecule has 0 spiro atoms. The van der Waals surface area contributed by atoms with Gasteiger partial charge in [-0.1, -0.05) is 6.07 Å². The van der Waals surface area contributed by atoms with E-state index in [9.17, 15) is 4.39 Å². The Morgan fingerprint density at radius 1 is 1.35 bits per heavy atom. The van der Waals surface area contributed by atoms with E-state index in [0.29, 0.717) is 0 Å². The Morgan fingerprint density at radius 2 is 2.20 bits per heavy atom. The number of aromatic nitrogens is 1. The third kappa shape index (κ3) is 2.50. The Hall–Kier alpha value is -1.61. The maximum atomic E-state index is 13.1. The van der Waals surface area contributed by atoms with Gasteiger partial charge in [-0.3, -0.25) is 0 Å². The lowest BCUT2D eigenvalue weighted by Gasteiger charge is -2.21. The van der Waals surface area contributed by atoms with Gasteiger partial charge in [-0.25, -0.2) is 4.39 Å². The van der Waals surface area contributed by atoms with E-state index >= 15 is 0 Å². The summed E-state index contributed by atoms with van der Waals surface area (Å²) >= 11 is 0. The van der Waals surface area contributed by atoms with Crippen LogP contribution >= 0.6 is 0 Å². The Balaban J connectivity index is 1.76. The molecule has 2 nitrogen and oxygen atoms in total. The fourth-order valence-corrected chi connectivity index (χ4v) is 3.18. The first-order valence-corrected chi connectivity index (χ1v) is 7.33. The zero-order valence-corrected chi connectivity index (χ0v) is 11.9. The van der Waals surface area contributed by atoms with Crippen LogP contribution in [0.3, 0.4) is 0 Å². The summed E-state index contributed by atoms with van der Waals surface area (Å²) in [5.74, 6) is -0.157. The molecule has 1 aliphatic rings. The molecule has 0 bridgehead atoms. The van der Waals surface area contributed by atoms with Gasteiger partial charge in [-0.2, -0.15) is 0 Å².